The SMILES string of the molecule is CC1CN(C(P(=O)(O)O)P(=O)(O)O)C(=O)N1. The van der Waals surface area contributed by atoms with Crippen LogP contribution in [0.3, 0.4) is 0 Å². The summed E-state index contributed by atoms with van der Waals surface area (Å²) in [7, 11) is -10.2. The van der Waals surface area contributed by atoms with E-state index in [4.69, 9.17) is 19.6 Å². The fourth-order valence-electron chi connectivity index (χ4n) is 1.48. The van der Waals surface area contributed by atoms with Gasteiger partial charge in [0.15, 0.2) is 0 Å². The van der Waals surface area contributed by atoms with Crippen molar-refractivity contribution in [2.24, 2.45) is 0 Å². The minimum absolute atomic E-state index is 0.167. The molecule has 0 aromatic rings. The summed E-state index contributed by atoms with van der Waals surface area (Å²) in [5.74, 6) is 0. The molecule has 16 heavy (non-hydrogen) atoms. The molecule has 1 aliphatic rings. The lowest BCUT2D eigenvalue weighted by molar-refractivity contribution is 0.207. The molecule has 1 unspecified atom stereocenters. The van der Waals surface area contributed by atoms with Gasteiger partial charge in [-0.3, -0.25) is 14.0 Å². The smallest absolute Gasteiger partial charge is 0.334 e. The predicted octanol–water partition coefficient (Wildman–Crippen LogP) is -0.961. The molecule has 1 saturated heterocycles. The second-order valence-corrected chi connectivity index (χ2v) is 7.27. The Morgan fingerprint density at radius 3 is 2.00 bits per heavy atom. The number of carbonyl (C=O) groups is 1. The summed E-state index contributed by atoms with van der Waals surface area (Å²) in [6.07, 6.45) is 0. The van der Waals surface area contributed by atoms with Crippen LogP contribution in [0.4, 0.5) is 4.79 Å². The molecule has 0 bridgehead atoms. The number of urea groups is 1. The minimum atomic E-state index is -5.11. The van der Waals surface area contributed by atoms with E-state index >= 15 is 0 Å². The van der Waals surface area contributed by atoms with E-state index in [9.17, 15) is 13.9 Å². The molecule has 0 aromatic carbocycles. The van der Waals surface area contributed by atoms with E-state index in [1.807, 2.05) is 0 Å². The van der Waals surface area contributed by atoms with E-state index in [1.54, 1.807) is 6.92 Å². The van der Waals surface area contributed by atoms with E-state index in [0.717, 1.165) is 0 Å². The zero-order valence-corrected chi connectivity index (χ0v) is 10.0. The lowest BCUT2D eigenvalue weighted by Gasteiger charge is -2.27. The number of amides is 2. The average Bonchev–Trinajstić information content (AvgIpc) is 2.23. The highest BCUT2D eigenvalue weighted by Crippen LogP contribution is 2.61. The molecule has 0 radical (unpaired) electrons. The standard InChI is InChI=1S/C5H12N2O7P2/c1-3-2-7(4(8)6-3)5(15(9,10)11)16(12,13)14/h3,5H,2H2,1H3,(H,6,8)(H2,9,10,11)(H2,12,13,14). The molecule has 0 saturated carbocycles. The molecular formula is C5H12N2O7P2. The summed E-state index contributed by atoms with van der Waals surface area (Å²) in [5.41, 5.74) is -2.41. The van der Waals surface area contributed by atoms with Crippen LogP contribution in [0.5, 0.6) is 0 Å². The van der Waals surface area contributed by atoms with Crippen molar-refractivity contribution in [2.45, 2.75) is 18.5 Å². The van der Waals surface area contributed by atoms with Crippen LogP contribution in [0, 0.1) is 0 Å². The van der Waals surface area contributed by atoms with Gasteiger partial charge in [0, 0.05) is 12.6 Å². The van der Waals surface area contributed by atoms with Gasteiger partial charge in [-0.15, -0.1) is 0 Å². The molecule has 1 rings (SSSR count). The van der Waals surface area contributed by atoms with E-state index in [1.165, 1.54) is 0 Å². The Bertz CT molecular complexity index is 364. The van der Waals surface area contributed by atoms with Crippen molar-refractivity contribution < 1.29 is 33.5 Å². The molecule has 0 aromatic heterocycles. The topological polar surface area (TPSA) is 147 Å². The maximum Gasteiger partial charge on any atom is 0.360 e. The lowest BCUT2D eigenvalue weighted by atomic mass is 10.4. The first-order chi connectivity index (χ1) is 7.03. The molecule has 11 heteroatoms. The maximum atomic E-state index is 11.2. The molecule has 1 heterocycles. The fourth-order valence-corrected chi connectivity index (χ4v) is 4.17. The molecule has 1 fully saturated rings. The lowest BCUT2D eigenvalue weighted by Crippen LogP contribution is -2.37. The van der Waals surface area contributed by atoms with Gasteiger partial charge in [-0.05, 0) is 6.92 Å². The Balaban J connectivity index is 3.10. The van der Waals surface area contributed by atoms with Crippen LogP contribution in [0.25, 0.3) is 0 Å². The van der Waals surface area contributed by atoms with Crippen LogP contribution in [-0.4, -0.2) is 48.6 Å². The van der Waals surface area contributed by atoms with Crippen molar-refractivity contribution in [1.82, 2.24) is 10.2 Å². The molecule has 0 spiro atoms. The van der Waals surface area contributed by atoms with Gasteiger partial charge in [0.05, 0.1) is 0 Å². The van der Waals surface area contributed by atoms with Crippen molar-refractivity contribution in [2.75, 3.05) is 6.54 Å². The van der Waals surface area contributed by atoms with Crippen LogP contribution >= 0.6 is 15.2 Å². The Hall–Kier alpha value is -0.430. The second kappa shape index (κ2) is 4.10. The van der Waals surface area contributed by atoms with Gasteiger partial charge in [0.25, 0.3) is 0 Å². The summed E-state index contributed by atoms with van der Waals surface area (Å²) in [6, 6.07) is -1.32. The normalized spacial score (nSPS) is 22.8. The molecular weight excluding hydrogens is 262 g/mol. The summed E-state index contributed by atoms with van der Waals surface area (Å²) in [5, 5.41) is 2.29. The third kappa shape index (κ3) is 2.82. The summed E-state index contributed by atoms with van der Waals surface area (Å²) >= 11 is 0. The van der Waals surface area contributed by atoms with E-state index in [0.29, 0.717) is 4.90 Å². The van der Waals surface area contributed by atoms with Gasteiger partial charge in [0.1, 0.15) is 0 Å². The molecule has 2 amide bonds. The van der Waals surface area contributed by atoms with Crippen LogP contribution in [0.2, 0.25) is 0 Å². The van der Waals surface area contributed by atoms with Gasteiger partial charge in [-0.25, -0.2) is 4.79 Å². The van der Waals surface area contributed by atoms with Crippen molar-refractivity contribution in [3.8, 4) is 0 Å². The van der Waals surface area contributed by atoms with Crippen LogP contribution in [0.1, 0.15) is 6.92 Å². The number of hydrogen-bond acceptors (Lipinski definition) is 3. The van der Waals surface area contributed by atoms with Crippen LogP contribution in [0.15, 0.2) is 0 Å². The summed E-state index contributed by atoms with van der Waals surface area (Å²) in [4.78, 5) is 47.2. The predicted molar refractivity (Wildman–Crippen MR) is 52.6 cm³/mol. The Morgan fingerprint density at radius 2 is 1.75 bits per heavy atom. The molecule has 1 atom stereocenters. The molecule has 94 valence electrons. The highest BCUT2D eigenvalue weighted by atomic mass is 31.2. The van der Waals surface area contributed by atoms with Crippen molar-refractivity contribution >= 4 is 21.2 Å². The quantitative estimate of drug-likeness (QED) is 0.416. The van der Waals surface area contributed by atoms with Crippen LogP contribution < -0.4 is 5.32 Å². The number of hydrogen-bond donors (Lipinski definition) is 5. The highest BCUT2D eigenvalue weighted by Gasteiger charge is 2.51. The second-order valence-electron chi connectivity index (χ2n) is 3.53. The number of carbonyl (C=O) groups excluding carboxylic acids is 1. The number of nitrogens with zero attached hydrogens (tertiary/aromatic N) is 1. The first kappa shape index (κ1) is 13.6. The monoisotopic (exact) mass is 274 g/mol. The third-order valence-electron chi connectivity index (χ3n) is 1.98. The van der Waals surface area contributed by atoms with Crippen molar-refractivity contribution in [1.29, 1.82) is 0 Å². The van der Waals surface area contributed by atoms with E-state index in [2.05, 4.69) is 5.32 Å². The van der Waals surface area contributed by atoms with Crippen molar-refractivity contribution in [3.63, 3.8) is 0 Å². The van der Waals surface area contributed by atoms with Gasteiger partial charge in [-0.1, -0.05) is 0 Å². The zero-order valence-electron chi connectivity index (χ0n) is 8.22. The van der Waals surface area contributed by atoms with Gasteiger partial charge < -0.3 is 24.9 Å². The number of rotatable bonds is 3. The molecule has 1 aliphatic heterocycles. The largest absolute Gasteiger partial charge is 0.360 e. The Labute approximate surface area is 90.8 Å². The Kier molecular flexibility index (Phi) is 3.50. The van der Waals surface area contributed by atoms with Crippen LogP contribution in [-0.2, 0) is 9.13 Å². The zero-order chi connectivity index (χ0) is 12.7. The first-order valence-corrected chi connectivity index (χ1v) is 7.57. The third-order valence-corrected chi connectivity index (χ3v) is 5.55. The molecule has 9 nitrogen and oxygen atoms in total. The fraction of sp³-hybridized carbons (Fsp3) is 0.800. The van der Waals surface area contributed by atoms with E-state index in [-0.39, 0.29) is 6.54 Å². The molecule has 5 N–H and O–H groups in total. The van der Waals surface area contributed by atoms with E-state index < -0.39 is 32.8 Å². The van der Waals surface area contributed by atoms with Gasteiger partial charge >= 0.3 is 21.2 Å². The van der Waals surface area contributed by atoms with Crippen molar-refractivity contribution in [3.05, 3.63) is 0 Å². The average molecular weight is 274 g/mol. The maximum absolute atomic E-state index is 11.2. The highest BCUT2D eigenvalue weighted by molar-refractivity contribution is 7.70. The first-order valence-electron chi connectivity index (χ1n) is 4.21. The van der Waals surface area contributed by atoms with Gasteiger partial charge in [-0.2, -0.15) is 0 Å². The Morgan fingerprint density at radius 1 is 1.31 bits per heavy atom. The minimum Gasteiger partial charge on any atom is -0.334 e. The summed E-state index contributed by atoms with van der Waals surface area (Å²) < 4.78 is 22.0. The van der Waals surface area contributed by atoms with Gasteiger partial charge in [0.2, 0.25) is 5.52 Å². The summed E-state index contributed by atoms with van der Waals surface area (Å²) in [6.45, 7) is 1.38. The molecule has 0 aliphatic carbocycles. The number of nitrogens with one attached hydrogen (secondary N) is 1.